The topological polar surface area (TPSA) is 92.8 Å². The van der Waals surface area contributed by atoms with Gasteiger partial charge in [0.25, 0.3) is 15.9 Å². The van der Waals surface area contributed by atoms with Crippen LogP contribution in [-0.4, -0.2) is 40.0 Å². The molecule has 0 aliphatic carbocycles. The molecule has 2 aromatic rings. The Bertz CT molecular complexity index is 941. The number of para-hydroxylation sites is 1. The van der Waals surface area contributed by atoms with E-state index in [-0.39, 0.29) is 29.5 Å². The van der Waals surface area contributed by atoms with E-state index < -0.39 is 16.0 Å². The van der Waals surface area contributed by atoms with Gasteiger partial charge < -0.3 is 10.1 Å². The van der Waals surface area contributed by atoms with Crippen molar-refractivity contribution in [2.24, 2.45) is 5.92 Å². The predicted molar refractivity (Wildman–Crippen MR) is 116 cm³/mol. The summed E-state index contributed by atoms with van der Waals surface area (Å²) < 4.78 is 32.2. The molecule has 7 nitrogen and oxygen atoms in total. The maximum absolute atomic E-state index is 13.0. The van der Waals surface area contributed by atoms with Gasteiger partial charge >= 0.3 is 5.97 Å². The fourth-order valence-corrected chi connectivity index (χ4v) is 4.22. The molecule has 2 rings (SSSR count). The van der Waals surface area contributed by atoms with E-state index in [1.807, 2.05) is 6.07 Å². The molecule has 0 saturated carbocycles. The van der Waals surface area contributed by atoms with Crippen molar-refractivity contribution in [3.63, 3.8) is 0 Å². The predicted octanol–water partition coefficient (Wildman–Crippen LogP) is 3.22. The summed E-state index contributed by atoms with van der Waals surface area (Å²) in [4.78, 5) is 23.9. The van der Waals surface area contributed by atoms with Crippen LogP contribution in [0.15, 0.2) is 59.5 Å². The molecule has 0 saturated heterocycles. The summed E-state index contributed by atoms with van der Waals surface area (Å²) >= 11 is 0. The number of carbonyl (C=O) groups is 2. The van der Waals surface area contributed by atoms with Gasteiger partial charge in [0.1, 0.15) is 0 Å². The standard InChI is InChI=1S/C22H28N2O5S/c1-4-24(19-8-6-5-7-9-19)30(27,28)20-12-10-18(11-13-20)22(26)29-16-21(25)23-15-14-17(2)3/h5-13,17H,4,14-16H2,1-3H3,(H,23,25). The molecule has 0 radical (unpaired) electrons. The second-order valence-electron chi connectivity index (χ2n) is 7.14. The maximum atomic E-state index is 13.0. The minimum atomic E-state index is -3.77. The number of rotatable bonds is 10. The number of hydrogen-bond acceptors (Lipinski definition) is 5. The molecule has 162 valence electrons. The first-order valence-corrected chi connectivity index (χ1v) is 11.3. The summed E-state index contributed by atoms with van der Waals surface area (Å²) in [5.74, 6) is -0.592. The van der Waals surface area contributed by atoms with Gasteiger partial charge in [-0.25, -0.2) is 13.2 Å². The van der Waals surface area contributed by atoms with Crippen molar-refractivity contribution in [2.45, 2.75) is 32.1 Å². The number of ether oxygens (including phenoxy) is 1. The smallest absolute Gasteiger partial charge is 0.338 e. The Morgan fingerprint density at radius 1 is 1.03 bits per heavy atom. The SMILES string of the molecule is CCN(c1ccccc1)S(=O)(=O)c1ccc(C(=O)OCC(=O)NCCC(C)C)cc1. The molecule has 0 aromatic heterocycles. The second-order valence-corrected chi connectivity index (χ2v) is 9.00. The zero-order chi connectivity index (χ0) is 22.1. The largest absolute Gasteiger partial charge is 0.452 e. The number of sulfonamides is 1. The first kappa shape index (κ1) is 23.4. The van der Waals surface area contributed by atoms with E-state index in [9.17, 15) is 18.0 Å². The fraction of sp³-hybridized carbons (Fsp3) is 0.364. The molecule has 0 unspecified atom stereocenters. The molecule has 1 N–H and O–H groups in total. The molecular weight excluding hydrogens is 404 g/mol. The number of hydrogen-bond donors (Lipinski definition) is 1. The number of benzene rings is 2. The van der Waals surface area contributed by atoms with Gasteiger partial charge in [0, 0.05) is 13.1 Å². The Kier molecular flexibility index (Phi) is 8.41. The van der Waals surface area contributed by atoms with E-state index in [1.165, 1.54) is 28.6 Å². The molecule has 0 aliphatic heterocycles. The van der Waals surface area contributed by atoms with Crippen LogP contribution in [0.25, 0.3) is 0 Å². The van der Waals surface area contributed by atoms with Gasteiger partial charge in [-0.3, -0.25) is 9.10 Å². The lowest BCUT2D eigenvalue weighted by Crippen LogP contribution is -2.31. The van der Waals surface area contributed by atoms with Crippen LogP contribution in [0.3, 0.4) is 0 Å². The summed E-state index contributed by atoms with van der Waals surface area (Å²) in [5.41, 5.74) is 0.735. The lowest BCUT2D eigenvalue weighted by Gasteiger charge is -2.22. The molecule has 1 amide bonds. The van der Waals surface area contributed by atoms with E-state index >= 15 is 0 Å². The summed E-state index contributed by atoms with van der Waals surface area (Å²) in [6, 6.07) is 14.3. The molecule has 30 heavy (non-hydrogen) atoms. The monoisotopic (exact) mass is 432 g/mol. The zero-order valence-corrected chi connectivity index (χ0v) is 18.3. The number of carbonyl (C=O) groups excluding carboxylic acids is 2. The van der Waals surface area contributed by atoms with Crippen LogP contribution >= 0.6 is 0 Å². The molecule has 0 bridgehead atoms. The van der Waals surface area contributed by atoms with Crippen LogP contribution in [0.4, 0.5) is 5.69 Å². The highest BCUT2D eigenvalue weighted by atomic mass is 32.2. The Morgan fingerprint density at radius 3 is 2.23 bits per heavy atom. The highest BCUT2D eigenvalue weighted by Crippen LogP contribution is 2.23. The molecule has 0 heterocycles. The summed E-state index contributed by atoms with van der Waals surface area (Å²) in [6.45, 7) is 6.26. The fourth-order valence-electron chi connectivity index (χ4n) is 2.74. The minimum absolute atomic E-state index is 0.0659. The highest BCUT2D eigenvalue weighted by molar-refractivity contribution is 7.92. The van der Waals surface area contributed by atoms with E-state index in [0.717, 1.165) is 6.42 Å². The van der Waals surface area contributed by atoms with E-state index in [0.29, 0.717) is 18.2 Å². The number of nitrogens with one attached hydrogen (secondary N) is 1. The van der Waals surface area contributed by atoms with Crippen molar-refractivity contribution in [2.75, 3.05) is 24.0 Å². The number of anilines is 1. The van der Waals surface area contributed by atoms with Gasteiger partial charge in [0.05, 0.1) is 16.1 Å². The van der Waals surface area contributed by atoms with Crippen LogP contribution in [0.1, 0.15) is 37.6 Å². The summed E-state index contributed by atoms with van der Waals surface area (Å²) in [6.07, 6.45) is 0.841. The molecule has 2 aromatic carbocycles. The molecule has 8 heteroatoms. The maximum Gasteiger partial charge on any atom is 0.338 e. The Morgan fingerprint density at radius 2 is 1.67 bits per heavy atom. The van der Waals surface area contributed by atoms with Crippen molar-refractivity contribution in [1.29, 1.82) is 0 Å². The van der Waals surface area contributed by atoms with E-state index in [4.69, 9.17) is 4.74 Å². The van der Waals surface area contributed by atoms with Crippen LogP contribution in [0.2, 0.25) is 0 Å². The van der Waals surface area contributed by atoms with Crippen molar-refractivity contribution >= 4 is 27.6 Å². The third kappa shape index (κ3) is 6.32. The number of esters is 1. The Labute approximate surface area is 178 Å². The van der Waals surface area contributed by atoms with Crippen LogP contribution < -0.4 is 9.62 Å². The average molecular weight is 433 g/mol. The normalized spacial score (nSPS) is 11.2. The molecule has 0 atom stereocenters. The van der Waals surface area contributed by atoms with Gasteiger partial charge in [0.2, 0.25) is 0 Å². The van der Waals surface area contributed by atoms with Crippen molar-refractivity contribution < 1.29 is 22.7 Å². The van der Waals surface area contributed by atoms with E-state index in [2.05, 4.69) is 19.2 Å². The van der Waals surface area contributed by atoms with Gasteiger partial charge in [-0.05, 0) is 55.7 Å². The van der Waals surface area contributed by atoms with Gasteiger partial charge in [-0.15, -0.1) is 0 Å². The van der Waals surface area contributed by atoms with Gasteiger partial charge in [0.15, 0.2) is 6.61 Å². The third-order valence-corrected chi connectivity index (χ3v) is 6.30. The van der Waals surface area contributed by atoms with Crippen molar-refractivity contribution in [3.05, 3.63) is 60.2 Å². The summed E-state index contributed by atoms with van der Waals surface area (Å²) in [5, 5.41) is 2.68. The van der Waals surface area contributed by atoms with E-state index in [1.54, 1.807) is 31.2 Å². The molecular formula is C22H28N2O5S. The third-order valence-electron chi connectivity index (χ3n) is 4.39. The molecule has 0 aliphatic rings. The second kappa shape index (κ2) is 10.8. The Hall–Kier alpha value is -2.87. The first-order valence-electron chi connectivity index (χ1n) is 9.87. The lowest BCUT2D eigenvalue weighted by molar-refractivity contribution is -0.124. The zero-order valence-electron chi connectivity index (χ0n) is 17.5. The number of nitrogens with zero attached hydrogens (tertiary/aromatic N) is 1. The number of amides is 1. The highest BCUT2D eigenvalue weighted by Gasteiger charge is 2.24. The van der Waals surface area contributed by atoms with Gasteiger partial charge in [-0.2, -0.15) is 0 Å². The molecule has 0 spiro atoms. The molecule has 0 fully saturated rings. The first-order chi connectivity index (χ1) is 14.3. The Balaban J connectivity index is 2.01. The minimum Gasteiger partial charge on any atom is -0.452 e. The lowest BCUT2D eigenvalue weighted by atomic mass is 10.1. The van der Waals surface area contributed by atoms with Crippen LogP contribution in [0.5, 0.6) is 0 Å². The summed E-state index contributed by atoms with van der Waals surface area (Å²) in [7, 11) is -3.77. The van der Waals surface area contributed by atoms with Gasteiger partial charge in [-0.1, -0.05) is 32.0 Å². The van der Waals surface area contributed by atoms with Crippen molar-refractivity contribution in [3.8, 4) is 0 Å². The van der Waals surface area contributed by atoms with Crippen LogP contribution in [-0.2, 0) is 19.6 Å². The van der Waals surface area contributed by atoms with Crippen molar-refractivity contribution in [1.82, 2.24) is 5.32 Å². The average Bonchev–Trinajstić information content (AvgIpc) is 2.73. The van der Waals surface area contributed by atoms with Crippen LogP contribution in [0, 0.1) is 5.92 Å². The quantitative estimate of drug-likeness (QED) is 0.582.